The van der Waals surface area contributed by atoms with E-state index in [2.05, 4.69) is 16.7 Å². The van der Waals surface area contributed by atoms with Crippen LogP contribution in [-0.2, 0) is 4.79 Å². The van der Waals surface area contributed by atoms with Gasteiger partial charge < -0.3 is 10.6 Å². The summed E-state index contributed by atoms with van der Waals surface area (Å²) in [4.78, 5) is 11.4. The molecule has 0 unspecified atom stereocenters. The fourth-order valence-electron chi connectivity index (χ4n) is 1.70. The summed E-state index contributed by atoms with van der Waals surface area (Å²) in [5.74, 6) is 0.920. The summed E-state index contributed by atoms with van der Waals surface area (Å²) in [5, 5.41) is 6.24. The van der Waals surface area contributed by atoms with Crippen LogP contribution in [0.3, 0.4) is 0 Å². The van der Waals surface area contributed by atoms with Crippen LogP contribution in [0.1, 0.15) is 25.7 Å². The van der Waals surface area contributed by atoms with Crippen LogP contribution in [0.2, 0.25) is 0 Å². The van der Waals surface area contributed by atoms with Crippen LogP contribution in [0.15, 0.2) is 11.6 Å². The Labute approximate surface area is 84.9 Å². The smallest absolute Gasteiger partial charge is 0.220 e. The maximum absolute atomic E-state index is 11.4. The summed E-state index contributed by atoms with van der Waals surface area (Å²) in [6.07, 6.45) is 6.50. The molecule has 3 heteroatoms. The van der Waals surface area contributed by atoms with Crippen LogP contribution >= 0.6 is 0 Å². The molecule has 0 radical (unpaired) electrons. The van der Waals surface area contributed by atoms with Gasteiger partial charge in [-0.05, 0) is 31.7 Å². The van der Waals surface area contributed by atoms with Gasteiger partial charge in [0.05, 0.1) is 0 Å². The van der Waals surface area contributed by atoms with E-state index in [1.54, 1.807) is 0 Å². The predicted molar refractivity (Wildman–Crippen MR) is 55.9 cm³/mol. The third kappa shape index (κ3) is 3.14. The molecule has 0 atom stereocenters. The van der Waals surface area contributed by atoms with Crippen molar-refractivity contribution in [1.29, 1.82) is 0 Å². The summed E-state index contributed by atoms with van der Waals surface area (Å²) >= 11 is 0. The molecule has 1 aliphatic heterocycles. The summed E-state index contributed by atoms with van der Waals surface area (Å²) in [6.45, 7) is 2.76. The monoisotopic (exact) mass is 194 g/mol. The Balaban J connectivity index is 1.64. The molecule has 0 aromatic rings. The first-order chi connectivity index (χ1) is 6.84. The summed E-state index contributed by atoms with van der Waals surface area (Å²) < 4.78 is 0. The second kappa shape index (κ2) is 4.60. The van der Waals surface area contributed by atoms with Crippen molar-refractivity contribution in [2.45, 2.75) is 25.7 Å². The summed E-state index contributed by atoms with van der Waals surface area (Å²) in [6, 6.07) is 0. The second-order valence-corrected chi connectivity index (χ2v) is 4.24. The van der Waals surface area contributed by atoms with E-state index in [4.69, 9.17) is 0 Å². The Morgan fingerprint density at radius 2 is 2.43 bits per heavy atom. The first kappa shape index (κ1) is 9.71. The number of nitrogens with one attached hydrogen (secondary N) is 2. The van der Waals surface area contributed by atoms with E-state index in [9.17, 15) is 4.79 Å². The van der Waals surface area contributed by atoms with E-state index in [0.717, 1.165) is 32.5 Å². The van der Waals surface area contributed by atoms with Gasteiger partial charge in [-0.25, -0.2) is 0 Å². The highest BCUT2D eigenvalue weighted by atomic mass is 16.1. The van der Waals surface area contributed by atoms with Crippen LogP contribution in [-0.4, -0.2) is 25.5 Å². The lowest BCUT2D eigenvalue weighted by atomic mass is 10.1. The molecule has 1 aliphatic carbocycles. The lowest BCUT2D eigenvalue weighted by Gasteiger charge is -2.14. The van der Waals surface area contributed by atoms with Crippen molar-refractivity contribution in [3.63, 3.8) is 0 Å². The van der Waals surface area contributed by atoms with Crippen molar-refractivity contribution < 1.29 is 4.79 Å². The van der Waals surface area contributed by atoms with Gasteiger partial charge in [-0.3, -0.25) is 4.79 Å². The molecule has 1 fully saturated rings. The van der Waals surface area contributed by atoms with Crippen molar-refractivity contribution in [2.75, 3.05) is 19.6 Å². The summed E-state index contributed by atoms with van der Waals surface area (Å²) in [7, 11) is 0. The average molecular weight is 194 g/mol. The molecule has 2 aliphatic rings. The molecular weight excluding hydrogens is 176 g/mol. The van der Waals surface area contributed by atoms with Crippen LogP contribution in [0.4, 0.5) is 0 Å². The zero-order chi connectivity index (χ0) is 9.80. The molecule has 0 aromatic heterocycles. The molecule has 0 aromatic carbocycles. The van der Waals surface area contributed by atoms with Gasteiger partial charge in [-0.1, -0.05) is 11.6 Å². The highest BCUT2D eigenvalue weighted by Gasteiger charge is 2.24. The van der Waals surface area contributed by atoms with E-state index < -0.39 is 0 Å². The van der Waals surface area contributed by atoms with Gasteiger partial charge in [0.2, 0.25) is 5.91 Å². The molecule has 78 valence electrons. The number of hydrogen-bond acceptors (Lipinski definition) is 2. The van der Waals surface area contributed by atoms with Gasteiger partial charge >= 0.3 is 0 Å². The van der Waals surface area contributed by atoms with E-state index in [1.807, 2.05) is 0 Å². The first-order valence-corrected chi connectivity index (χ1v) is 5.50. The Morgan fingerprint density at radius 3 is 3.07 bits per heavy atom. The molecule has 1 heterocycles. The maximum atomic E-state index is 11.4. The van der Waals surface area contributed by atoms with Crippen LogP contribution < -0.4 is 10.6 Å². The van der Waals surface area contributed by atoms with E-state index >= 15 is 0 Å². The highest BCUT2D eigenvalue weighted by molar-refractivity contribution is 5.76. The largest absolute Gasteiger partial charge is 0.352 e. The fraction of sp³-hybridized carbons (Fsp3) is 0.727. The molecular formula is C11H18N2O. The Morgan fingerprint density at radius 1 is 1.57 bits per heavy atom. The molecule has 3 nitrogen and oxygen atoms in total. The minimum absolute atomic E-state index is 0.229. The average Bonchev–Trinajstić information content (AvgIpc) is 3.00. The van der Waals surface area contributed by atoms with Crippen molar-refractivity contribution in [3.05, 3.63) is 11.6 Å². The number of carbonyl (C=O) groups excluding carboxylic acids is 1. The van der Waals surface area contributed by atoms with Gasteiger partial charge in [0, 0.05) is 19.5 Å². The van der Waals surface area contributed by atoms with Gasteiger partial charge in [-0.2, -0.15) is 0 Å². The van der Waals surface area contributed by atoms with Crippen molar-refractivity contribution in [1.82, 2.24) is 10.6 Å². The minimum Gasteiger partial charge on any atom is -0.352 e. The number of carbonyl (C=O) groups is 1. The summed E-state index contributed by atoms with van der Waals surface area (Å²) in [5.41, 5.74) is 1.37. The van der Waals surface area contributed by atoms with Gasteiger partial charge in [0.25, 0.3) is 0 Å². The van der Waals surface area contributed by atoms with Gasteiger partial charge in [0.1, 0.15) is 0 Å². The molecule has 2 N–H and O–H groups in total. The lowest BCUT2D eigenvalue weighted by Crippen LogP contribution is -2.29. The third-order valence-electron chi connectivity index (χ3n) is 2.84. The minimum atomic E-state index is 0.229. The van der Waals surface area contributed by atoms with Crippen LogP contribution in [0.25, 0.3) is 0 Å². The normalized spacial score (nSPS) is 21.6. The number of amides is 1. The van der Waals surface area contributed by atoms with Gasteiger partial charge in [-0.15, -0.1) is 0 Å². The molecule has 0 bridgehead atoms. The van der Waals surface area contributed by atoms with Crippen molar-refractivity contribution >= 4 is 5.91 Å². The topological polar surface area (TPSA) is 41.1 Å². The zero-order valence-electron chi connectivity index (χ0n) is 8.51. The molecule has 0 saturated heterocycles. The Kier molecular flexibility index (Phi) is 3.19. The van der Waals surface area contributed by atoms with Crippen molar-refractivity contribution in [2.24, 2.45) is 5.92 Å². The Hall–Kier alpha value is -0.830. The Bertz CT molecular complexity index is 244. The lowest BCUT2D eigenvalue weighted by molar-refractivity contribution is -0.121. The van der Waals surface area contributed by atoms with Crippen LogP contribution in [0.5, 0.6) is 0 Å². The molecule has 14 heavy (non-hydrogen) atoms. The number of hydrogen-bond donors (Lipinski definition) is 2. The molecule has 2 rings (SSSR count). The van der Waals surface area contributed by atoms with Crippen LogP contribution in [0, 0.1) is 5.92 Å². The molecule has 0 spiro atoms. The van der Waals surface area contributed by atoms with E-state index in [1.165, 1.54) is 18.4 Å². The highest BCUT2D eigenvalue weighted by Crippen LogP contribution is 2.32. The second-order valence-electron chi connectivity index (χ2n) is 4.24. The predicted octanol–water partition coefficient (Wildman–Crippen LogP) is 0.822. The van der Waals surface area contributed by atoms with E-state index in [-0.39, 0.29) is 5.91 Å². The molecule has 1 amide bonds. The molecule has 1 saturated carbocycles. The standard InChI is InChI=1S/C11H18N2O/c14-11(7-9-1-2-9)13-8-10-3-5-12-6-4-10/h3,9,12H,1-2,4-8H2,(H,13,14). The quantitative estimate of drug-likeness (QED) is 0.651. The fourth-order valence-corrected chi connectivity index (χ4v) is 1.70. The first-order valence-electron chi connectivity index (χ1n) is 5.50. The zero-order valence-corrected chi connectivity index (χ0v) is 8.51. The van der Waals surface area contributed by atoms with Gasteiger partial charge in [0.15, 0.2) is 0 Å². The van der Waals surface area contributed by atoms with Crippen molar-refractivity contribution in [3.8, 4) is 0 Å². The SMILES string of the molecule is O=C(CC1CC1)NCC1=CCNCC1. The third-order valence-corrected chi connectivity index (χ3v) is 2.84. The maximum Gasteiger partial charge on any atom is 0.220 e. The van der Waals surface area contributed by atoms with E-state index in [0.29, 0.717) is 5.92 Å². The number of rotatable bonds is 4.